The number of allylic oxidation sites excluding steroid dienone is 2. The Labute approximate surface area is 182 Å². The van der Waals surface area contributed by atoms with E-state index in [4.69, 9.17) is 26.4 Å². The molecule has 7 N–H and O–H groups in total. The number of hydrogen-bond donors (Lipinski definition) is 4. The number of rotatable bonds is 5. The fraction of sp³-hybridized carbons (Fsp3) is 0.0435. The molecule has 0 spiro atoms. The summed E-state index contributed by atoms with van der Waals surface area (Å²) in [5.74, 6) is 0.392. The van der Waals surface area contributed by atoms with Crippen molar-refractivity contribution in [1.29, 1.82) is 5.41 Å². The minimum absolute atomic E-state index is 0.238. The van der Waals surface area contributed by atoms with Gasteiger partial charge in [0.2, 0.25) is 0 Å². The largest absolute Gasteiger partial charge is 0.452 e. The number of furan rings is 1. The monoisotopic (exact) mass is 433 g/mol. The molecule has 0 unspecified atom stereocenters. The molecule has 0 aliphatic heterocycles. The van der Waals surface area contributed by atoms with Gasteiger partial charge in [0.25, 0.3) is 0 Å². The minimum Gasteiger partial charge on any atom is -0.452 e. The topological polar surface area (TPSA) is 128 Å². The Kier molecular flexibility index (Phi) is 5.50. The lowest BCUT2D eigenvalue weighted by Crippen LogP contribution is -1.95. The second kappa shape index (κ2) is 8.25. The van der Waals surface area contributed by atoms with Gasteiger partial charge in [0, 0.05) is 34.6 Å². The number of halogens is 1. The summed E-state index contributed by atoms with van der Waals surface area (Å²) in [7, 11) is 0. The van der Waals surface area contributed by atoms with E-state index in [-0.39, 0.29) is 11.6 Å². The van der Waals surface area contributed by atoms with Crippen molar-refractivity contribution in [2.75, 3.05) is 11.5 Å². The standard InChI is InChI=1S/C23H20FN5OS/c1-2-12(10-25)18-11-29-23(27)21-16(18)9-20(30-21)17-7-14(8-19(26)22(17)31-28)13-4-3-5-15(24)6-13/h2-11,25H,26,28H2,1H3,(H2,27,29)/b12-2+,25-10?. The van der Waals surface area contributed by atoms with Gasteiger partial charge in [0.1, 0.15) is 11.6 Å². The van der Waals surface area contributed by atoms with E-state index in [0.717, 1.165) is 28.5 Å². The van der Waals surface area contributed by atoms with Crippen LogP contribution in [0.2, 0.25) is 0 Å². The van der Waals surface area contributed by atoms with Gasteiger partial charge in [-0.05, 0) is 65.9 Å². The molecule has 0 atom stereocenters. The first kappa shape index (κ1) is 20.6. The average Bonchev–Trinajstić information content (AvgIpc) is 3.22. The van der Waals surface area contributed by atoms with Crippen LogP contribution in [0.3, 0.4) is 0 Å². The van der Waals surface area contributed by atoms with E-state index in [1.165, 1.54) is 18.3 Å². The van der Waals surface area contributed by atoms with E-state index >= 15 is 0 Å². The minimum atomic E-state index is -0.340. The fourth-order valence-electron chi connectivity index (χ4n) is 3.52. The SMILES string of the molecule is C/C=C(\C=N)c1cnc(N)c2oc(-c3cc(-c4cccc(F)c4)cc(N)c3SN)cc12. The van der Waals surface area contributed by atoms with E-state index < -0.39 is 0 Å². The van der Waals surface area contributed by atoms with Crippen LogP contribution in [-0.4, -0.2) is 11.2 Å². The zero-order valence-corrected chi connectivity index (χ0v) is 17.5. The molecule has 31 heavy (non-hydrogen) atoms. The van der Waals surface area contributed by atoms with Crippen LogP contribution < -0.4 is 16.6 Å². The highest BCUT2D eigenvalue weighted by atomic mass is 32.2. The fourth-order valence-corrected chi connectivity index (χ4v) is 4.01. The third kappa shape index (κ3) is 3.67. The van der Waals surface area contributed by atoms with Crippen molar-refractivity contribution in [3.8, 4) is 22.5 Å². The number of nitrogens with zero attached hydrogens (tertiary/aromatic N) is 1. The number of anilines is 2. The molecule has 2 aromatic carbocycles. The van der Waals surface area contributed by atoms with Crippen molar-refractivity contribution < 1.29 is 8.81 Å². The molecular formula is C23H20FN5OS. The van der Waals surface area contributed by atoms with E-state index in [2.05, 4.69) is 4.98 Å². The third-order valence-corrected chi connectivity index (χ3v) is 5.72. The number of hydrogen-bond acceptors (Lipinski definition) is 7. The van der Waals surface area contributed by atoms with Gasteiger partial charge in [0.15, 0.2) is 11.4 Å². The Hall–Kier alpha value is -3.62. The summed E-state index contributed by atoms with van der Waals surface area (Å²) >= 11 is 1.00. The van der Waals surface area contributed by atoms with E-state index in [1.807, 2.05) is 25.1 Å². The van der Waals surface area contributed by atoms with E-state index in [0.29, 0.717) is 38.6 Å². The summed E-state index contributed by atoms with van der Waals surface area (Å²) in [6.07, 6.45) is 4.69. The third-order valence-electron chi connectivity index (χ3n) is 5.02. The molecule has 4 rings (SSSR count). The molecule has 0 aliphatic rings. The van der Waals surface area contributed by atoms with Crippen LogP contribution in [0.15, 0.2) is 64.1 Å². The number of nitrogens with two attached hydrogens (primary N) is 3. The zero-order chi connectivity index (χ0) is 22.1. The molecule has 0 bridgehead atoms. The van der Waals surface area contributed by atoms with Crippen molar-refractivity contribution in [3.05, 3.63) is 66.1 Å². The van der Waals surface area contributed by atoms with Crippen molar-refractivity contribution in [2.24, 2.45) is 5.14 Å². The van der Waals surface area contributed by atoms with E-state index in [9.17, 15) is 4.39 Å². The van der Waals surface area contributed by atoms with Crippen LogP contribution >= 0.6 is 11.9 Å². The van der Waals surface area contributed by atoms with Gasteiger partial charge >= 0.3 is 0 Å². The van der Waals surface area contributed by atoms with Crippen molar-refractivity contribution in [2.45, 2.75) is 11.8 Å². The Bertz CT molecular complexity index is 1350. The molecule has 0 amide bonds. The molecule has 156 valence electrons. The Balaban J connectivity index is 1.98. The predicted molar refractivity (Wildman–Crippen MR) is 126 cm³/mol. The number of pyridine rings is 1. The molecular weight excluding hydrogens is 413 g/mol. The number of fused-ring (bicyclic) bond motifs is 1. The van der Waals surface area contributed by atoms with Crippen LogP contribution in [0.1, 0.15) is 12.5 Å². The van der Waals surface area contributed by atoms with Gasteiger partial charge in [-0.15, -0.1) is 0 Å². The predicted octanol–water partition coefficient (Wildman–Crippen LogP) is 5.48. The first-order chi connectivity index (χ1) is 15.0. The first-order valence-corrected chi connectivity index (χ1v) is 10.3. The molecule has 0 saturated carbocycles. The van der Waals surface area contributed by atoms with Gasteiger partial charge in [0.05, 0.1) is 4.90 Å². The van der Waals surface area contributed by atoms with Crippen LogP contribution in [-0.2, 0) is 0 Å². The molecule has 2 heterocycles. The molecule has 6 nitrogen and oxygen atoms in total. The number of nitrogens with one attached hydrogen (secondary N) is 1. The lowest BCUT2D eigenvalue weighted by atomic mass is 10.00. The van der Waals surface area contributed by atoms with Crippen LogP contribution in [0.5, 0.6) is 0 Å². The number of nitrogen functional groups attached to an aromatic ring is 2. The number of benzene rings is 2. The molecule has 0 radical (unpaired) electrons. The normalized spacial score (nSPS) is 11.8. The van der Waals surface area contributed by atoms with Crippen LogP contribution in [0.4, 0.5) is 15.9 Å². The Morgan fingerprint density at radius 1 is 1.16 bits per heavy atom. The highest BCUT2D eigenvalue weighted by Crippen LogP contribution is 2.41. The van der Waals surface area contributed by atoms with Gasteiger partial charge in [-0.25, -0.2) is 9.37 Å². The lowest BCUT2D eigenvalue weighted by molar-refractivity contribution is 0.628. The van der Waals surface area contributed by atoms with Crippen LogP contribution in [0, 0.1) is 11.2 Å². The maximum atomic E-state index is 13.8. The zero-order valence-electron chi connectivity index (χ0n) is 16.6. The number of aromatic nitrogens is 1. The van der Waals surface area contributed by atoms with Crippen molar-refractivity contribution in [3.63, 3.8) is 0 Å². The summed E-state index contributed by atoms with van der Waals surface area (Å²) in [6.45, 7) is 1.84. The second-order valence-corrected chi connectivity index (χ2v) is 7.51. The Morgan fingerprint density at radius 2 is 1.97 bits per heavy atom. The summed E-state index contributed by atoms with van der Waals surface area (Å²) < 4.78 is 19.9. The summed E-state index contributed by atoms with van der Waals surface area (Å²) in [6, 6.07) is 11.7. The summed E-state index contributed by atoms with van der Waals surface area (Å²) in [5.41, 5.74) is 16.7. The van der Waals surface area contributed by atoms with Gasteiger partial charge in [-0.2, -0.15) is 0 Å². The quantitative estimate of drug-likeness (QED) is 0.187. The van der Waals surface area contributed by atoms with Gasteiger partial charge < -0.3 is 21.3 Å². The molecule has 0 fully saturated rings. The molecule has 4 aromatic rings. The first-order valence-electron chi connectivity index (χ1n) is 9.38. The van der Waals surface area contributed by atoms with Crippen molar-refractivity contribution >= 4 is 46.2 Å². The van der Waals surface area contributed by atoms with E-state index in [1.54, 1.807) is 24.4 Å². The molecule has 2 aromatic heterocycles. The molecule has 0 saturated heterocycles. The molecule has 8 heteroatoms. The Morgan fingerprint density at radius 3 is 2.65 bits per heavy atom. The van der Waals surface area contributed by atoms with Crippen LogP contribution in [0.25, 0.3) is 39.0 Å². The maximum Gasteiger partial charge on any atom is 0.177 e. The highest BCUT2D eigenvalue weighted by Gasteiger charge is 2.19. The second-order valence-electron chi connectivity index (χ2n) is 6.87. The average molecular weight is 434 g/mol. The van der Waals surface area contributed by atoms with Crippen molar-refractivity contribution in [1.82, 2.24) is 4.98 Å². The van der Waals surface area contributed by atoms with Gasteiger partial charge in [-0.1, -0.05) is 18.2 Å². The van der Waals surface area contributed by atoms with Gasteiger partial charge in [-0.3, -0.25) is 5.14 Å². The maximum absolute atomic E-state index is 13.8. The summed E-state index contributed by atoms with van der Waals surface area (Å²) in [4.78, 5) is 4.84. The smallest absolute Gasteiger partial charge is 0.177 e. The highest BCUT2D eigenvalue weighted by molar-refractivity contribution is 7.97. The lowest BCUT2D eigenvalue weighted by Gasteiger charge is -2.12. The molecule has 0 aliphatic carbocycles. The summed E-state index contributed by atoms with van der Waals surface area (Å²) in [5, 5.41) is 14.3.